The highest BCUT2D eigenvalue weighted by Gasteiger charge is 2.13. The van der Waals surface area contributed by atoms with Crippen molar-refractivity contribution >= 4 is 18.5 Å². The van der Waals surface area contributed by atoms with Gasteiger partial charge in [-0.05, 0) is 55.2 Å². The van der Waals surface area contributed by atoms with Crippen LogP contribution in [0.25, 0.3) is 0 Å². The van der Waals surface area contributed by atoms with Crippen LogP contribution in [0.3, 0.4) is 0 Å². The molecule has 0 spiro atoms. The molecular formula is C21H21OP. The maximum atomic E-state index is 9.68. The van der Waals surface area contributed by atoms with Crippen molar-refractivity contribution in [2.75, 3.05) is 6.16 Å². The summed E-state index contributed by atoms with van der Waals surface area (Å²) in [5, 5.41) is 12.5. The van der Waals surface area contributed by atoms with Crippen LogP contribution in [0.5, 0.6) is 5.75 Å². The van der Waals surface area contributed by atoms with Gasteiger partial charge < -0.3 is 5.11 Å². The number of aryl methyl sites for hydroxylation is 2. The molecule has 0 saturated heterocycles. The Morgan fingerprint density at radius 3 is 1.87 bits per heavy atom. The SMILES string of the molecule is Cc1cc(CCP(c2ccccc2)c2ccccc2)ccc1O. The first-order chi connectivity index (χ1) is 11.2. The molecule has 0 amide bonds. The van der Waals surface area contributed by atoms with Gasteiger partial charge in [0, 0.05) is 0 Å². The van der Waals surface area contributed by atoms with E-state index in [-0.39, 0.29) is 7.92 Å². The van der Waals surface area contributed by atoms with E-state index < -0.39 is 0 Å². The van der Waals surface area contributed by atoms with E-state index in [4.69, 9.17) is 0 Å². The summed E-state index contributed by atoms with van der Waals surface area (Å²) in [5.74, 6) is 0.377. The number of aromatic hydroxyl groups is 1. The Bertz CT molecular complexity index is 714. The number of phenolic OH excluding ortho intramolecular Hbond substituents is 1. The molecule has 0 saturated carbocycles. The third kappa shape index (κ3) is 4.00. The summed E-state index contributed by atoms with van der Waals surface area (Å²) in [6.07, 6.45) is 2.14. The number of phenols is 1. The van der Waals surface area contributed by atoms with Gasteiger partial charge in [-0.2, -0.15) is 0 Å². The minimum absolute atomic E-state index is 0.354. The molecule has 0 bridgehead atoms. The number of benzene rings is 3. The fourth-order valence-corrected chi connectivity index (χ4v) is 5.10. The van der Waals surface area contributed by atoms with Gasteiger partial charge in [-0.1, -0.05) is 72.8 Å². The smallest absolute Gasteiger partial charge is 0.118 e. The van der Waals surface area contributed by atoms with E-state index in [9.17, 15) is 5.11 Å². The number of hydrogen-bond acceptors (Lipinski definition) is 1. The number of rotatable bonds is 5. The molecule has 3 rings (SSSR count). The molecule has 116 valence electrons. The van der Waals surface area contributed by atoms with Gasteiger partial charge in [0.05, 0.1) is 0 Å². The van der Waals surface area contributed by atoms with Crippen molar-refractivity contribution in [2.24, 2.45) is 0 Å². The van der Waals surface area contributed by atoms with Gasteiger partial charge in [0.25, 0.3) is 0 Å². The quantitative estimate of drug-likeness (QED) is 0.692. The Kier molecular flexibility index (Phi) is 5.10. The monoisotopic (exact) mass is 320 g/mol. The lowest BCUT2D eigenvalue weighted by atomic mass is 10.1. The zero-order chi connectivity index (χ0) is 16.1. The molecule has 0 aliphatic heterocycles. The first-order valence-electron chi connectivity index (χ1n) is 7.90. The molecule has 0 heterocycles. The summed E-state index contributed by atoms with van der Waals surface area (Å²) in [7, 11) is -0.354. The van der Waals surface area contributed by atoms with E-state index >= 15 is 0 Å². The van der Waals surface area contributed by atoms with E-state index in [2.05, 4.69) is 66.7 Å². The summed E-state index contributed by atoms with van der Waals surface area (Å²) in [4.78, 5) is 0. The highest BCUT2D eigenvalue weighted by molar-refractivity contribution is 7.73. The Balaban J connectivity index is 1.83. The van der Waals surface area contributed by atoms with Crippen LogP contribution in [0.1, 0.15) is 11.1 Å². The lowest BCUT2D eigenvalue weighted by molar-refractivity contribution is 0.471. The van der Waals surface area contributed by atoms with Crippen molar-refractivity contribution in [3.05, 3.63) is 90.0 Å². The topological polar surface area (TPSA) is 20.2 Å². The van der Waals surface area contributed by atoms with Crippen LogP contribution in [0.4, 0.5) is 0 Å². The Morgan fingerprint density at radius 1 is 0.783 bits per heavy atom. The molecule has 1 nitrogen and oxygen atoms in total. The lowest BCUT2D eigenvalue weighted by Gasteiger charge is -2.19. The second kappa shape index (κ2) is 7.44. The van der Waals surface area contributed by atoms with E-state index in [0.29, 0.717) is 5.75 Å². The highest BCUT2D eigenvalue weighted by Crippen LogP contribution is 2.34. The molecule has 0 atom stereocenters. The molecule has 0 fully saturated rings. The second-order valence-corrected chi connectivity index (χ2v) is 8.03. The fraction of sp³-hybridized carbons (Fsp3) is 0.143. The third-order valence-electron chi connectivity index (χ3n) is 4.02. The minimum atomic E-state index is -0.354. The van der Waals surface area contributed by atoms with Crippen LogP contribution in [0.15, 0.2) is 78.9 Å². The van der Waals surface area contributed by atoms with Crippen LogP contribution in [-0.4, -0.2) is 11.3 Å². The maximum absolute atomic E-state index is 9.68. The molecular weight excluding hydrogens is 299 g/mol. The van der Waals surface area contributed by atoms with Crippen molar-refractivity contribution < 1.29 is 5.11 Å². The zero-order valence-electron chi connectivity index (χ0n) is 13.3. The van der Waals surface area contributed by atoms with Crippen molar-refractivity contribution in [3.8, 4) is 5.75 Å². The molecule has 0 aromatic heterocycles. The third-order valence-corrected chi connectivity index (χ3v) is 6.53. The first kappa shape index (κ1) is 15.8. The van der Waals surface area contributed by atoms with Crippen LogP contribution in [0.2, 0.25) is 0 Å². The summed E-state index contributed by atoms with van der Waals surface area (Å²) in [5.41, 5.74) is 2.24. The Hall–Kier alpha value is -2.11. The normalized spacial score (nSPS) is 10.9. The molecule has 3 aromatic carbocycles. The second-order valence-electron chi connectivity index (χ2n) is 5.69. The van der Waals surface area contributed by atoms with Crippen LogP contribution in [-0.2, 0) is 6.42 Å². The fourth-order valence-electron chi connectivity index (χ4n) is 2.74. The maximum Gasteiger partial charge on any atom is 0.118 e. The van der Waals surface area contributed by atoms with E-state index in [1.54, 1.807) is 6.07 Å². The average molecular weight is 320 g/mol. The standard InChI is InChI=1S/C21H21OP/c1-17-16-18(12-13-21(17)22)14-15-23(19-8-4-2-5-9-19)20-10-6-3-7-11-20/h2-13,16,22H,14-15H2,1H3. The first-order valence-corrected chi connectivity index (χ1v) is 9.43. The van der Waals surface area contributed by atoms with Crippen molar-refractivity contribution in [1.29, 1.82) is 0 Å². The summed E-state index contributed by atoms with van der Waals surface area (Å²) >= 11 is 0. The molecule has 0 aliphatic carbocycles. The molecule has 1 N–H and O–H groups in total. The van der Waals surface area contributed by atoms with Gasteiger partial charge >= 0.3 is 0 Å². The predicted molar refractivity (Wildman–Crippen MR) is 100 cm³/mol. The summed E-state index contributed by atoms with van der Waals surface area (Å²) in [6.45, 7) is 1.95. The van der Waals surface area contributed by atoms with Gasteiger partial charge in [0.15, 0.2) is 0 Å². The molecule has 23 heavy (non-hydrogen) atoms. The van der Waals surface area contributed by atoms with Gasteiger partial charge in [-0.25, -0.2) is 0 Å². The molecule has 2 heteroatoms. The summed E-state index contributed by atoms with van der Waals surface area (Å²) in [6, 6.07) is 27.5. The summed E-state index contributed by atoms with van der Waals surface area (Å²) < 4.78 is 0. The molecule has 0 radical (unpaired) electrons. The van der Waals surface area contributed by atoms with Crippen molar-refractivity contribution in [3.63, 3.8) is 0 Å². The Labute approximate surface area is 139 Å². The molecule has 0 aliphatic rings. The van der Waals surface area contributed by atoms with Gasteiger partial charge in [-0.15, -0.1) is 0 Å². The van der Waals surface area contributed by atoms with Crippen LogP contribution < -0.4 is 10.6 Å². The highest BCUT2D eigenvalue weighted by atomic mass is 31.1. The minimum Gasteiger partial charge on any atom is -0.508 e. The molecule has 0 unspecified atom stereocenters. The van der Waals surface area contributed by atoms with Crippen molar-refractivity contribution in [1.82, 2.24) is 0 Å². The van der Waals surface area contributed by atoms with E-state index in [1.807, 2.05) is 13.0 Å². The van der Waals surface area contributed by atoms with Gasteiger partial charge in [0.2, 0.25) is 0 Å². The van der Waals surface area contributed by atoms with E-state index in [0.717, 1.165) is 18.1 Å². The number of hydrogen-bond donors (Lipinski definition) is 1. The van der Waals surface area contributed by atoms with E-state index in [1.165, 1.54) is 16.2 Å². The van der Waals surface area contributed by atoms with Crippen LogP contribution in [0, 0.1) is 6.92 Å². The Morgan fingerprint density at radius 2 is 1.35 bits per heavy atom. The lowest BCUT2D eigenvalue weighted by Crippen LogP contribution is -2.14. The van der Waals surface area contributed by atoms with Crippen molar-refractivity contribution in [2.45, 2.75) is 13.3 Å². The van der Waals surface area contributed by atoms with Gasteiger partial charge in [0.1, 0.15) is 5.75 Å². The zero-order valence-corrected chi connectivity index (χ0v) is 14.2. The predicted octanol–water partition coefficient (Wildman–Crippen LogP) is 4.38. The average Bonchev–Trinajstić information content (AvgIpc) is 2.60. The van der Waals surface area contributed by atoms with Gasteiger partial charge in [-0.3, -0.25) is 0 Å². The van der Waals surface area contributed by atoms with Crippen LogP contribution >= 0.6 is 7.92 Å². The molecule has 3 aromatic rings. The largest absolute Gasteiger partial charge is 0.508 e.